The number of phenols is 3. The Morgan fingerprint density at radius 1 is 0.939 bits per heavy atom. The molecule has 0 spiro atoms. The van der Waals surface area contributed by atoms with Crippen molar-refractivity contribution >= 4 is 23.0 Å². The highest BCUT2D eigenvalue weighted by Gasteiger charge is 2.48. The number of cyclic esters (lactones) is 1. The fourth-order valence-electron chi connectivity index (χ4n) is 9.68. The van der Waals surface area contributed by atoms with Gasteiger partial charge < -0.3 is 34.3 Å². The first kappa shape index (κ1) is 44.2. The van der Waals surface area contributed by atoms with Gasteiger partial charge in [-0.3, -0.25) is 19.4 Å². The highest BCUT2D eigenvalue weighted by molar-refractivity contribution is 5.90. The van der Waals surface area contributed by atoms with Crippen molar-refractivity contribution in [3.8, 4) is 45.7 Å². The average molecular weight is 899 g/mol. The van der Waals surface area contributed by atoms with Gasteiger partial charge in [0.25, 0.3) is 5.56 Å². The van der Waals surface area contributed by atoms with Crippen LogP contribution in [-0.4, -0.2) is 119 Å². The molecule has 1 fully saturated rings. The fraction of sp³-hybridized carbons (Fsp3) is 0.388. The molecule has 1 saturated heterocycles. The second kappa shape index (κ2) is 17.4. The Labute approximate surface area is 380 Å². The molecule has 1 atom stereocenters. The van der Waals surface area contributed by atoms with E-state index >= 15 is 0 Å². The number of amides is 1. The molecule has 4 N–H and O–H groups in total. The summed E-state index contributed by atoms with van der Waals surface area (Å²) >= 11 is 0. The fourth-order valence-corrected chi connectivity index (χ4v) is 9.68. The molecular formula is C49H54N8O9. The summed E-state index contributed by atoms with van der Waals surface area (Å²) in [5.74, 6) is -0.391. The molecule has 3 aliphatic heterocycles. The van der Waals surface area contributed by atoms with E-state index < -0.39 is 23.2 Å². The van der Waals surface area contributed by atoms with Crippen molar-refractivity contribution in [3.05, 3.63) is 115 Å². The summed E-state index contributed by atoms with van der Waals surface area (Å²) in [4.78, 5) is 65.3. The number of phenolic OH excluding ortho intramolecular Hbond substituents is 3. The van der Waals surface area contributed by atoms with Crippen LogP contribution in [0.25, 0.3) is 39.4 Å². The third-order valence-electron chi connectivity index (χ3n) is 13.6. The number of benzene rings is 3. The summed E-state index contributed by atoms with van der Waals surface area (Å²) < 4.78 is 14.6. The van der Waals surface area contributed by atoms with Crippen molar-refractivity contribution in [2.45, 2.75) is 71.6 Å². The molecule has 0 radical (unpaired) electrons. The number of esters is 1. The smallest absolute Gasteiger partial charge is 0.409 e. The first-order chi connectivity index (χ1) is 31.7. The number of pyridine rings is 2. The molecule has 17 heteroatoms. The lowest BCUT2D eigenvalue weighted by molar-refractivity contribution is -0.156. The van der Waals surface area contributed by atoms with Crippen molar-refractivity contribution in [2.24, 2.45) is 0 Å². The van der Waals surface area contributed by atoms with Gasteiger partial charge in [0, 0.05) is 69.9 Å². The van der Waals surface area contributed by atoms with Crippen molar-refractivity contribution in [3.63, 3.8) is 0 Å². The molecular weight excluding hydrogens is 845 g/mol. The van der Waals surface area contributed by atoms with Gasteiger partial charge in [-0.25, -0.2) is 24.2 Å². The summed E-state index contributed by atoms with van der Waals surface area (Å²) in [6.07, 6.45) is 0.326. The number of nitrogens with one attached hydrogen (secondary N) is 1. The maximum absolute atomic E-state index is 14.1. The standard InChI is InChI=1S/C49H54N8O9/c1-6-32-34-20-31(58)12-13-39(34)50-43-36(32)25-56-40(43)22-38-37(45(56)61)26-65-46(62)49(38,7-2)27-66-48(64)53(5)14-15-54-16-18-55(19-17-54)24-29-8-10-30(11-9-29)57-44(51-52-47(57)63)35-21-33(28(3)4)41(59)23-42(35)60/h8-13,20-23,28,58-60H,6-7,14-19,24-27H2,1-5H3,(H,52,63)/t49-/m0/s1. The van der Waals surface area contributed by atoms with E-state index in [-0.39, 0.29) is 54.2 Å². The predicted molar refractivity (Wildman–Crippen MR) is 246 cm³/mol. The summed E-state index contributed by atoms with van der Waals surface area (Å²) in [5, 5.41) is 38.8. The Balaban J connectivity index is 0.810. The number of fused-ring (bicyclic) bond motifs is 5. The number of aryl methyl sites for hydroxylation is 1. The highest BCUT2D eigenvalue weighted by Crippen LogP contribution is 2.42. The third-order valence-corrected chi connectivity index (χ3v) is 13.6. The summed E-state index contributed by atoms with van der Waals surface area (Å²) in [6.45, 7) is 12.5. The number of aromatic nitrogens is 5. The SMILES string of the molecule is CCc1c2c(nc3ccc(O)cc13)-c1cc3c(c(=O)n1C2)COC(=O)[C@@]3(CC)COC(=O)N(C)CCN1CCN(Cc2ccc(-n3c(-c4cc(C(C)C)c(O)cc4O)n[nH]c3=O)cc2)CC1. The normalized spacial score (nSPS) is 17.2. The topological polar surface area (TPSA) is 209 Å². The number of aromatic amines is 1. The van der Waals surface area contributed by atoms with Crippen molar-refractivity contribution in [1.82, 2.24) is 39.0 Å². The van der Waals surface area contributed by atoms with Crippen molar-refractivity contribution < 1.29 is 34.4 Å². The van der Waals surface area contributed by atoms with Crippen LogP contribution in [0.4, 0.5) is 4.79 Å². The van der Waals surface area contributed by atoms with Gasteiger partial charge in [-0.1, -0.05) is 39.8 Å². The number of nitrogens with zero attached hydrogens (tertiary/aromatic N) is 7. The molecule has 66 heavy (non-hydrogen) atoms. The Morgan fingerprint density at radius 3 is 2.39 bits per heavy atom. The number of ether oxygens (including phenoxy) is 2. The van der Waals surface area contributed by atoms with Gasteiger partial charge in [0.15, 0.2) is 5.82 Å². The first-order valence-electron chi connectivity index (χ1n) is 22.5. The van der Waals surface area contributed by atoms with Crippen LogP contribution in [-0.2, 0) is 45.8 Å². The van der Waals surface area contributed by atoms with Crippen LogP contribution < -0.4 is 11.2 Å². The van der Waals surface area contributed by atoms with E-state index in [1.165, 1.54) is 15.5 Å². The molecule has 6 aromatic rings. The van der Waals surface area contributed by atoms with Crippen molar-refractivity contribution in [2.75, 3.05) is 52.9 Å². The van der Waals surface area contributed by atoms with Gasteiger partial charge in [0.1, 0.15) is 35.9 Å². The number of H-pyrrole nitrogens is 1. The molecule has 6 heterocycles. The highest BCUT2D eigenvalue weighted by atomic mass is 16.6. The molecule has 3 aliphatic rings. The lowest BCUT2D eigenvalue weighted by atomic mass is 9.75. The van der Waals surface area contributed by atoms with E-state index in [0.717, 1.165) is 48.3 Å². The minimum atomic E-state index is -1.38. The van der Waals surface area contributed by atoms with Crippen LogP contribution in [0, 0.1) is 0 Å². The average Bonchev–Trinajstić information content (AvgIpc) is 3.87. The second-order valence-electron chi connectivity index (χ2n) is 17.8. The monoisotopic (exact) mass is 898 g/mol. The Hall–Kier alpha value is -6.98. The maximum Gasteiger partial charge on any atom is 0.409 e. The number of hydrogen-bond acceptors (Lipinski definition) is 13. The predicted octanol–water partition coefficient (Wildman–Crippen LogP) is 5.36. The molecule has 344 valence electrons. The van der Waals surface area contributed by atoms with E-state index in [1.807, 2.05) is 58.0 Å². The quantitative estimate of drug-likeness (QED) is 0.114. The lowest BCUT2D eigenvalue weighted by Gasteiger charge is -2.36. The van der Waals surface area contributed by atoms with E-state index in [0.29, 0.717) is 77.4 Å². The Kier molecular flexibility index (Phi) is 11.7. The lowest BCUT2D eigenvalue weighted by Crippen LogP contribution is -2.49. The van der Waals surface area contributed by atoms with E-state index in [4.69, 9.17) is 14.5 Å². The van der Waals surface area contributed by atoms with Gasteiger partial charge in [0.2, 0.25) is 0 Å². The van der Waals surface area contributed by atoms with E-state index in [1.54, 1.807) is 35.9 Å². The minimum absolute atomic E-state index is 0.0164. The molecule has 0 unspecified atom stereocenters. The van der Waals surface area contributed by atoms with Gasteiger partial charge in [-0.15, -0.1) is 0 Å². The largest absolute Gasteiger partial charge is 0.508 e. The number of hydrogen-bond donors (Lipinski definition) is 4. The second-order valence-corrected chi connectivity index (χ2v) is 17.8. The number of carbonyl (C=O) groups excluding carboxylic acids is 2. The van der Waals surface area contributed by atoms with Gasteiger partial charge in [-0.05, 0) is 83.5 Å². The third kappa shape index (κ3) is 7.74. The number of aromatic hydroxyl groups is 3. The van der Waals surface area contributed by atoms with Gasteiger partial charge in [0.05, 0.1) is 40.3 Å². The zero-order valence-corrected chi connectivity index (χ0v) is 37.8. The minimum Gasteiger partial charge on any atom is -0.508 e. The molecule has 9 rings (SSSR count). The maximum atomic E-state index is 14.1. The van der Waals surface area contributed by atoms with Crippen LogP contribution in [0.2, 0.25) is 0 Å². The molecule has 1 amide bonds. The summed E-state index contributed by atoms with van der Waals surface area (Å²) in [7, 11) is 1.67. The first-order valence-corrected chi connectivity index (χ1v) is 22.5. The van der Waals surface area contributed by atoms with Gasteiger partial charge in [-0.2, -0.15) is 5.10 Å². The number of carbonyl (C=O) groups is 2. The zero-order valence-electron chi connectivity index (χ0n) is 37.8. The van der Waals surface area contributed by atoms with Crippen molar-refractivity contribution in [1.29, 1.82) is 0 Å². The van der Waals surface area contributed by atoms with Gasteiger partial charge >= 0.3 is 17.8 Å². The molecule has 17 nitrogen and oxygen atoms in total. The summed E-state index contributed by atoms with van der Waals surface area (Å²) in [6, 6.07) is 17.5. The molecule has 0 aliphatic carbocycles. The molecule has 0 bridgehead atoms. The van der Waals surface area contributed by atoms with E-state index in [9.17, 15) is 34.5 Å². The number of likely N-dealkylation sites (N-methyl/N-ethyl adjacent to an activating group) is 1. The Bertz CT molecular complexity index is 3000. The van der Waals surface area contributed by atoms with Crippen LogP contribution >= 0.6 is 0 Å². The summed E-state index contributed by atoms with van der Waals surface area (Å²) in [5.41, 5.74) is 5.22. The van der Waals surface area contributed by atoms with Crippen LogP contribution in [0.5, 0.6) is 17.2 Å². The van der Waals surface area contributed by atoms with E-state index in [2.05, 4.69) is 20.0 Å². The van der Waals surface area contributed by atoms with Crippen LogP contribution in [0.15, 0.2) is 70.3 Å². The number of rotatable bonds is 12. The van der Waals surface area contributed by atoms with Crippen LogP contribution in [0.1, 0.15) is 73.4 Å². The zero-order chi connectivity index (χ0) is 46.6. The Morgan fingerprint density at radius 2 is 1.68 bits per heavy atom. The number of piperazine rings is 1. The molecule has 0 saturated carbocycles. The molecule has 3 aromatic heterocycles. The molecule has 3 aromatic carbocycles. The van der Waals surface area contributed by atoms with Crippen LogP contribution in [0.3, 0.4) is 0 Å².